The number of rotatable bonds is 7. The Kier molecular flexibility index (Phi) is 6.58. The first-order valence-electron chi connectivity index (χ1n) is 8.42. The van der Waals surface area contributed by atoms with Gasteiger partial charge in [-0.1, -0.05) is 31.0 Å². The number of aryl methyl sites for hydroxylation is 1. The molecule has 25 heavy (non-hydrogen) atoms. The molecule has 2 rings (SSSR count). The molecule has 1 aliphatic rings. The summed E-state index contributed by atoms with van der Waals surface area (Å²) in [6, 6.07) is 6.28. The van der Waals surface area contributed by atoms with Crippen LogP contribution in [0.3, 0.4) is 0 Å². The second kappa shape index (κ2) is 8.47. The number of hydrogen-bond donors (Lipinski definition) is 0. The summed E-state index contributed by atoms with van der Waals surface area (Å²) in [4.78, 5) is 23.1. The number of ether oxygens (including phenoxy) is 2. The van der Waals surface area contributed by atoms with Gasteiger partial charge in [0.2, 0.25) is 6.10 Å². The number of benzene rings is 1. The zero-order valence-corrected chi connectivity index (χ0v) is 15.3. The van der Waals surface area contributed by atoms with Crippen LogP contribution in [-0.4, -0.2) is 38.8 Å². The van der Waals surface area contributed by atoms with Crippen LogP contribution in [0.5, 0.6) is 0 Å². The van der Waals surface area contributed by atoms with Gasteiger partial charge in [0.05, 0.1) is 4.90 Å². The van der Waals surface area contributed by atoms with Crippen molar-refractivity contribution in [2.24, 2.45) is 5.92 Å². The van der Waals surface area contributed by atoms with Crippen molar-refractivity contribution in [2.45, 2.75) is 56.6 Å². The fourth-order valence-corrected chi connectivity index (χ4v) is 4.31. The maximum absolute atomic E-state index is 12.5. The molecular weight excluding hydrogens is 344 g/mol. The van der Waals surface area contributed by atoms with E-state index in [1.54, 1.807) is 12.1 Å². The molecule has 3 unspecified atom stereocenters. The molecule has 0 bridgehead atoms. The van der Waals surface area contributed by atoms with Gasteiger partial charge in [0.1, 0.15) is 11.9 Å². The molecule has 0 N–H and O–H groups in total. The van der Waals surface area contributed by atoms with Crippen LogP contribution in [0.1, 0.15) is 38.2 Å². The lowest BCUT2D eigenvalue weighted by Gasteiger charge is -2.29. The highest BCUT2D eigenvalue weighted by Gasteiger charge is 2.33. The first kappa shape index (κ1) is 19.4. The Balaban J connectivity index is 2.09. The first-order chi connectivity index (χ1) is 11.8. The van der Waals surface area contributed by atoms with Crippen molar-refractivity contribution in [1.29, 1.82) is 0 Å². The Morgan fingerprint density at radius 2 is 1.88 bits per heavy atom. The molecule has 1 fully saturated rings. The highest BCUT2D eigenvalue weighted by atomic mass is 32.2. The van der Waals surface area contributed by atoms with Gasteiger partial charge in [-0.15, -0.1) is 0 Å². The molecule has 1 saturated carbocycles. The van der Waals surface area contributed by atoms with E-state index in [2.05, 4.69) is 0 Å². The van der Waals surface area contributed by atoms with Gasteiger partial charge in [-0.2, -0.15) is 0 Å². The van der Waals surface area contributed by atoms with Crippen molar-refractivity contribution in [3.8, 4) is 0 Å². The van der Waals surface area contributed by atoms with Crippen LogP contribution in [0.15, 0.2) is 29.2 Å². The second-order valence-electron chi connectivity index (χ2n) is 6.55. The number of carbonyl (C=O) groups is 2. The number of sulfone groups is 1. The predicted octanol–water partition coefficient (Wildman–Crippen LogP) is 2.43. The lowest BCUT2D eigenvalue weighted by atomic mass is 9.88. The minimum absolute atomic E-state index is 0.0800. The Morgan fingerprint density at radius 1 is 1.24 bits per heavy atom. The Morgan fingerprint density at radius 3 is 2.48 bits per heavy atom. The van der Waals surface area contributed by atoms with Crippen LogP contribution in [0.25, 0.3) is 0 Å². The normalized spacial score (nSPS) is 22.0. The summed E-state index contributed by atoms with van der Waals surface area (Å²) in [6.07, 6.45) is 2.03. The lowest BCUT2D eigenvalue weighted by molar-refractivity contribution is -0.167. The van der Waals surface area contributed by atoms with Crippen molar-refractivity contribution >= 4 is 22.3 Å². The smallest absolute Gasteiger partial charge is 0.348 e. The molecular formula is C18H24O6S. The largest absolute Gasteiger partial charge is 0.459 e. The summed E-state index contributed by atoms with van der Waals surface area (Å²) in [6.45, 7) is 3.92. The average molecular weight is 368 g/mol. The fourth-order valence-electron chi connectivity index (χ4n) is 2.95. The molecule has 3 atom stereocenters. The molecule has 1 aliphatic carbocycles. The molecule has 0 heterocycles. The minimum atomic E-state index is -3.78. The van der Waals surface area contributed by atoms with Gasteiger partial charge >= 0.3 is 5.97 Å². The van der Waals surface area contributed by atoms with Gasteiger partial charge < -0.3 is 9.47 Å². The highest BCUT2D eigenvalue weighted by molar-refractivity contribution is 7.91. The van der Waals surface area contributed by atoms with E-state index in [9.17, 15) is 18.0 Å². The topological polar surface area (TPSA) is 86.7 Å². The summed E-state index contributed by atoms with van der Waals surface area (Å²) in [5, 5.41) is 0. The lowest BCUT2D eigenvalue weighted by Crippen LogP contribution is -2.38. The third kappa shape index (κ3) is 5.29. The van der Waals surface area contributed by atoms with Crippen LogP contribution in [0.2, 0.25) is 0 Å². The molecule has 1 aromatic rings. The quantitative estimate of drug-likeness (QED) is 0.543. The summed E-state index contributed by atoms with van der Waals surface area (Å²) >= 11 is 0. The van der Waals surface area contributed by atoms with E-state index in [0.717, 1.165) is 31.2 Å². The van der Waals surface area contributed by atoms with Crippen LogP contribution in [0.4, 0.5) is 0 Å². The van der Waals surface area contributed by atoms with E-state index >= 15 is 0 Å². The second-order valence-corrected chi connectivity index (χ2v) is 8.59. The third-order valence-electron chi connectivity index (χ3n) is 4.53. The monoisotopic (exact) mass is 368 g/mol. The maximum atomic E-state index is 12.5. The average Bonchev–Trinajstić information content (AvgIpc) is 2.57. The van der Waals surface area contributed by atoms with E-state index in [1.807, 2.05) is 13.8 Å². The summed E-state index contributed by atoms with van der Waals surface area (Å²) in [5.41, 5.74) is 0.922. The van der Waals surface area contributed by atoms with Gasteiger partial charge in [-0.05, 0) is 44.2 Å². The molecule has 0 saturated heterocycles. The van der Waals surface area contributed by atoms with Crippen LogP contribution in [0, 0.1) is 12.8 Å². The zero-order valence-electron chi connectivity index (χ0n) is 14.5. The third-order valence-corrected chi connectivity index (χ3v) is 6.27. The Hall–Kier alpha value is -1.89. The van der Waals surface area contributed by atoms with Crippen LogP contribution < -0.4 is 0 Å². The standard InChI is InChI=1S/C18H24O6S/c1-13-7-9-15(10-8-13)25(21,22)11-17(23-12-19)18(20)24-16-6-4-3-5-14(16)2/h7-10,12,14,16-17H,3-6,11H2,1-2H3. The zero-order chi connectivity index (χ0) is 18.4. The van der Waals surface area contributed by atoms with Gasteiger partial charge in [0, 0.05) is 0 Å². The van der Waals surface area contributed by atoms with Gasteiger partial charge in [0.25, 0.3) is 6.47 Å². The van der Waals surface area contributed by atoms with E-state index in [-0.39, 0.29) is 23.4 Å². The molecule has 6 nitrogen and oxygen atoms in total. The van der Waals surface area contributed by atoms with Gasteiger partial charge in [-0.25, -0.2) is 13.2 Å². The van der Waals surface area contributed by atoms with Crippen LogP contribution >= 0.6 is 0 Å². The maximum Gasteiger partial charge on any atom is 0.348 e. The molecule has 138 valence electrons. The van der Waals surface area contributed by atoms with E-state index in [0.29, 0.717) is 0 Å². The molecule has 0 spiro atoms. The summed E-state index contributed by atoms with van der Waals surface area (Å²) in [5.74, 6) is -1.22. The molecule has 0 aliphatic heterocycles. The first-order valence-corrected chi connectivity index (χ1v) is 10.1. The molecule has 0 radical (unpaired) electrons. The SMILES string of the molecule is Cc1ccc(S(=O)(=O)CC(OC=O)C(=O)OC2CCCCC2C)cc1. The minimum Gasteiger partial charge on any atom is -0.459 e. The predicted molar refractivity (Wildman–Crippen MR) is 91.7 cm³/mol. The van der Waals surface area contributed by atoms with E-state index in [1.165, 1.54) is 12.1 Å². The highest BCUT2D eigenvalue weighted by Crippen LogP contribution is 2.27. The molecule has 0 amide bonds. The number of carbonyl (C=O) groups excluding carboxylic acids is 2. The summed E-state index contributed by atoms with van der Waals surface area (Å²) in [7, 11) is -3.78. The van der Waals surface area contributed by atoms with Gasteiger partial charge in [-0.3, -0.25) is 4.79 Å². The Labute approximate surface area is 148 Å². The molecule has 7 heteroatoms. The van der Waals surface area contributed by atoms with Crippen molar-refractivity contribution in [1.82, 2.24) is 0 Å². The van der Waals surface area contributed by atoms with E-state index < -0.39 is 27.7 Å². The van der Waals surface area contributed by atoms with Crippen LogP contribution in [-0.2, 0) is 28.9 Å². The van der Waals surface area contributed by atoms with Crippen molar-refractivity contribution in [3.05, 3.63) is 29.8 Å². The van der Waals surface area contributed by atoms with Gasteiger partial charge in [0.15, 0.2) is 9.84 Å². The van der Waals surface area contributed by atoms with Crippen molar-refractivity contribution in [3.63, 3.8) is 0 Å². The van der Waals surface area contributed by atoms with Crippen molar-refractivity contribution < 1.29 is 27.5 Å². The van der Waals surface area contributed by atoms with Crippen molar-refractivity contribution in [2.75, 3.05) is 5.75 Å². The summed E-state index contributed by atoms with van der Waals surface area (Å²) < 4.78 is 35.1. The Bertz CT molecular complexity index is 695. The van der Waals surface area contributed by atoms with E-state index in [4.69, 9.17) is 9.47 Å². The number of hydrogen-bond acceptors (Lipinski definition) is 6. The fraction of sp³-hybridized carbons (Fsp3) is 0.556. The number of esters is 1. The molecule has 0 aromatic heterocycles. The molecule has 1 aromatic carbocycles.